The lowest BCUT2D eigenvalue weighted by atomic mass is 9.83. The van der Waals surface area contributed by atoms with Crippen molar-refractivity contribution in [3.63, 3.8) is 0 Å². The first-order chi connectivity index (χ1) is 23.3. The van der Waals surface area contributed by atoms with Gasteiger partial charge >= 0.3 is 0 Å². The van der Waals surface area contributed by atoms with Gasteiger partial charge in [-0.1, -0.05) is 113 Å². The van der Waals surface area contributed by atoms with E-state index in [4.69, 9.17) is 19.7 Å². The first kappa shape index (κ1) is 34.1. The van der Waals surface area contributed by atoms with Crippen LogP contribution in [0.25, 0.3) is 55.0 Å². The number of hydrogen-bond donors (Lipinski definition) is 0. The molecule has 1 aliphatic heterocycles. The van der Waals surface area contributed by atoms with Crippen LogP contribution in [0.3, 0.4) is 0 Å². The summed E-state index contributed by atoms with van der Waals surface area (Å²) in [6.07, 6.45) is 4.18. The summed E-state index contributed by atoms with van der Waals surface area (Å²) >= 11 is 0. The molecule has 5 nitrogen and oxygen atoms in total. The third-order valence-electron chi connectivity index (χ3n) is 9.93. The molecule has 0 N–H and O–H groups in total. The zero-order chi connectivity index (χ0) is 36.1. The second-order valence-electron chi connectivity index (χ2n) is 18.3. The van der Waals surface area contributed by atoms with Gasteiger partial charge in [0.2, 0.25) is 5.69 Å². The number of nitrogens with zero attached hydrogens (tertiary/aromatic N) is 4. The maximum atomic E-state index is 7.16. The summed E-state index contributed by atoms with van der Waals surface area (Å²) in [7, 11) is 2.17. The topological polar surface area (TPSA) is 51.8 Å². The molecule has 0 bridgehead atoms. The van der Waals surface area contributed by atoms with Crippen LogP contribution in [-0.2, 0) is 30.7 Å². The van der Waals surface area contributed by atoms with E-state index in [1.54, 1.807) is 0 Å². The minimum atomic E-state index is -0.225. The van der Waals surface area contributed by atoms with Crippen molar-refractivity contribution in [3.05, 3.63) is 83.1 Å². The Hall–Kier alpha value is -4.38. The fraction of sp³-hybridized carbons (Fsp3) is 0.422. The third kappa shape index (κ3) is 5.83. The van der Waals surface area contributed by atoms with E-state index in [9.17, 15) is 0 Å². The first-order valence-electron chi connectivity index (χ1n) is 18.2. The lowest BCUT2D eigenvalue weighted by Crippen LogP contribution is -2.32. The van der Waals surface area contributed by atoms with E-state index in [1.807, 2.05) is 0 Å². The highest BCUT2D eigenvalue weighted by Gasteiger charge is 2.35. The predicted molar refractivity (Wildman–Crippen MR) is 208 cm³/mol. The lowest BCUT2D eigenvalue weighted by molar-refractivity contribution is -0.659. The fourth-order valence-corrected chi connectivity index (χ4v) is 7.63. The molecule has 2 aromatic heterocycles. The molecular formula is C45H53N4O+. The molecule has 0 spiro atoms. The van der Waals surface area contributed by atoms with Gasteiger partial charge in [0.05, 0.1) is 10.9 Å². The molecule has 0 radical (unpaired) electrons. The molecule has 0 amide bonds. The highest BCUT2D eigenvalue weighted by molar-refractivity contribution is 6.20. The first-order valence-corrected chi connectivity index (χ1v) is 18.2. The van der Waals surface area contributed by atoms with Gasteiger partial charge in [0.15, 0.2) is 12.0 Å². The number of aryl methyl sites for hydroxylation is 2. The number of benzene rings is 4. The normalized spacial score (nSPS) is 13.4. The van der Waals surface area contributed by atoms with Crippen molar-refractivity contribution in [1.29, 1.82) is 0 Å². The van der Waals surface area contributed by atoms with Crippen LogP contribution < -0.4 is 9.30 Å². The van der Waals surface area contributed by atoms with Crippen LogP contribution >= 0.6 is 0 Å². The predicted octanol–water partition coefficient (Wildman–Crippen LogP) is 11.3. The summed E-state index contributed by atoms with van der Waals surface area (Å²) in [5.41, 5.74) is 7.10. The molecule has 0 unspecified atom stereocenters. The number of ether oxygens (including phenoxy) is 1. The van der Waals surface area contributed by atoms with Crippen molar-refractivity contribution in [2.45, 2.75) is 107 Å². The van der Waals surface area contributed by atoms with Gasteiger partial charge in [0, 0.05) is 38.8 Å². The van der Waals surface area contributed by atoms with Crippen LogP contribution in [0.15, 0.2) is 54.7 Å². The van der Waals surface area contributed by atoms with Gasteiger partial charge in [-0.2, -0.15) is 0 Å². The highest BCUT2D eigenvalue weighted by Crippen LogP contribution is 2.53. The number of pyridine rings is 1. The van der Waals surface area contributed by atoms with Gasteiger partial charge in [0.25, 0.3) is 0 Å². The summed E-state index contributed by atoms with van der Waals surface area (Å²) < 4.78 is 9.45. The van der Waals surface area contributed by atoms with Crippen LogP contribution in [-0.4, -0.2) is 15.0 Å². The Balaban J connectivity index is 1.57. The summed E-state index contributed by atoms with van der Waals surface area (Å²) in [6.45, 7) is 26.8. The number of hydrogen-bond acceptors (Lipinski definition) is 4. The molecule has 0 saturated heterocycles. The maximum absolute atomic E-state index is 7.16. The SMILES string of the molecule is Cc1c2c(c(CC(C)C)c3ccc(CC(C)(C)C)cc13)Oc1cc3cccc(-c4nc(C(C)(C)C)nc(C(C)(C)C)n4)c3c3cc[n+](C)c-2c13. The van der Waals surface area contributed by atoms with Crippen LogP contribution in [0.4, 0.5) is 0 Å². The van der Waals surface area contributed by atoms with Crippen molar-refractivity contribution in [2.24, 2.45) is 18.4 Å². The summed E-state index contributed by atoms with van der Waals surface area (Å²) in [5, 5.41) is 7.15. The van der Waals surface area contributed by atoms with Gasteiger partial charge in [-0.05, 0) is 64.5 Å². The molecule has 0 saturated carbocycles. The van der Waals surface area contributed by atoms with E-state index in [0.717, 1.165) is 68.9 Å². The molecule has 1 aliphatic rings. The maximum Gasteiger partial charge on any atom is 0.228 e. The van der Waals surface area contributed by atoms with E-state index in [1.165, 1.54) is 38.7 Å². The Morgan fingerprint density at radius 1 is 0.760 bits per heavy atom. The zero-order valence-corrected chi connectivity index (χ0v) is 32.4. The molecule has 50 heavy (non-hydrogen) atoms. The summed E-state index contributed by atoms with van der Waals surface area (Å²) in [4.78, 5) is 15.3. The highest BCUT2D eigenvalue weighted by atomic mass is 16.5. The molecule has 5 heteroatoms. The Kier molecular flexibility index (Phi) is 7.90. The molecule has 0 aliphatic carbocycles. The van der Waals surface area contributed by atoms with Crippen LogP contribution in [0, 0.1) is 18.3 Å². The molecular weight excluding hydrogens is 613 g/mol. The van der Waals surface area contributed by atoms with E-state index < -0.39 is 0 Å². The Morgan fingerprint density at radius 2 is 1.44 bits per heavy atom. The fourth-order valence-electron chi connectivity index (χ4n) is 7.63. The summed E-state index contributed by atoms with van der Waals surface area (Å²) in [6, 6.07) is 18.1. The molecule has 0 fully saturated rings. The molecule has 258 valence electrons. The smallest absolute Gasteiger partial charge is 0.228 e. The Morgan fingerprint density at radius 3 is 2.06 bits per heavy atom. The third-order valence-corrected chi connectivity index (χ3v) is 9.93. The van der Waals surface area contributed by atoms with Crippen molar-refractivity contribution in [3.8, 4) is 34.1 Å². The molecule has 3 heterocycles. The number of rotatable bonds is 4. The van der Waals surface area contributed by atoms with Gasteiger partial charge in [-0.25, -0.2) is 19.5 Å². The van der Waals surface area contributed by atoms with Crippen molar-refractivity contribution < 1.29 is 9.30 Å². The van der Waals surface area contributed by atoms with E-state index in [2.05, 4.69) is 149 Å². The van der Waals surface area contributed by atoms with Gasteiger partial charge in [-0.15, -0.1) is 0 Å². The second kappa shape index (κ2) is 11.6. The van der Waals surface area contributed by atoms with Crippen LogP contribution in [0.1, 0.15) is 105 Å². The molecule has 0 atom stereocenters. The Labute approximate surface area is 298 Å². The standard InChI is InChI=1S/C45H53N4O/c1-25(2)21-33-29-18-17-27(24-43(4,5)6)22-32(29)26(3)35-38-37-30(19-20-49(38)13)36-28(23-34(37)50-39(33)35)15-14-16-31(36)40-46-41(44(7,8)9)48-42(47-40)45(10,11)12/h14-20,22-23,25H,21,24H2,1-13H3/q+1. The van der Waals surface area contributed by atoms with Gasteiger partial charge in [0.1, 0.15) is 30.2 Å². The monoisotopic (exact) mass is 665 g/mol. The lowest BCUT2D eigenvalue weighted by Gasteiger charge is -2.27. The van der Waals surface area contributed by atoms with Crippen molar-refractivity contribution in [2.75, 3.05) is 0 Å². The van der Waals surface area contributed by atoms with Crippen molar-refractivity contribution >= 4 is 32.3 Å². The van der Waals surface area contributed by atoms with Crippen LogP contribution in [0.5, 0.6) is 11.5 Å². The van der Waals surface area contributed by atoms with Gasteiger partial charge < -0.3 is 4.74 Å². The van der Waals surface area contributed by atoms with Crippen molar-refractivity contribution in [1.82, 2.24) is 15.0 Å². The second-order valence-corrected chi connectivity index (χ2v) is 18.3. The van der Waals surface area contributed by atoms with E-state index in [0.29, 0.717) is 5.92 Å². The molecule has 7 rings (SSSR count). The molecule has 6 aromatic rings. The summed E-state index contributed by atoms with van der Waals surface area (Å²) in [5.74, 6) is 4.71. The molecule has 4 aromatic carbocycles. The minimum Gasteiger partial charge on any atom is -0.455 e. The average Bonchev–Trinajstić information content (AvgIpc) is 3.01. The van der Waals surface area contributed by atoms with E-state index >= 15 is 0 Å². The largest absolute Gasteiger partial charge is 0.455 e. The quantitative estimate of drug-likeness (QED) is 0.139. The van der Waals surface area contributed by atoms with Gasteiger partial charge in [-0.3, -0.25) is 0 Å². The average molecular weight is 666 g/mol. The minimum absolute atomic E-state index is 0.204. The van der Waals surface area contributed by atoms with Crippen LogP contribution in [0.2, 0.25) is 0 Å². The zero-order valence-electron chi connectivity index (χ0n) is 32.4. The Bertz CT molecular complexity index is 2310. The number of fused-ring (bicyclic) bond motifs is 5. The number of aromatic nitrogens is 4. The van der Waals surface area contributed by atoms with E-state index in [-0.39, 0.29) is 16.2 Å².